The minimum Gasteiger partial charge on any atom is -0.495 e. The van der Waals surface area contributed by atoms with Crippen LogP contribution in [0, 0.1) is 0 Å². The van der Waals surface area contributed by atoms with Crippen LogP contribution in [0.25, 0.3) is 10.2 Å². The highest BCUT2D eigenvalue weighted by atomic mass is 79.9. The van der Waals surface area contributed by atoms with E-state index in [1.165, 1.54) is 11.3 Å². The standard InChI is InChI=1S/C13H9BrClN3OS/c1-19-10-3-2-7(14)6-9(10)16-11-8-4-5-20-12(8)18-13(15)17-11/h2-6H,1H3,(H,16,17,18). The van der Waals surface area contributed by atoms with E-state index in [9.17, 15) is 0 Å². The molecule has 0 aliphatic heterocycles. The number of aromatic nitrogens is 2. The molecule has 0 radical (unpaired) electrons. The van der Waals surface area contributed by atoms with E-state index in [0.717, 1.165) is 26.1 Å². The lowest BCUT2D eigenvalue weighted by Crippen LogP contribution is -1.98. The van der Waals surface area contributed by atoms with Crippen LogP contribution in [0.4, 0.5) is 11.5 Å². The van der Waals surface area contributed by atoms with Crippen LogP contribution < -0.4 is 10.1 Å². The first-order chi connectivity index (χ1) is 9.67. The number of nitrogens with one attached hydrogen (secondary N) is 1. The normalized spacial score (nSPS) is 10.8. The number of ether oxygens (including phenoxy) is 1. The predicted molar refractivity (Wildman–Crippen MR) is 86.4 cm³/mol. The average molecular weight is 371 g/mol. The Morgan fingerprint density at radius 2 is 2.15 bits per heavy atom. The van der Waals surface area contributed by atoms with Gasteiger partial charge in [0.15, 0.2) is 0 Å². The first kappa shape index (κ1) is 13.6. The van der Waals surface area contributed by atoms with Crippen molar-refractivity contribution in [1.82, 2.24) is 9.97 Å². The van der Waals surface area contributed by atoms with Gasteiger partial charge in [0, 0.05) is 4.47 Å². The fourth-order valence-corrected chi connectivity index (χ4v) is 3.17. The molecule has 3 rings (SSSR count). The van der Waals surface area contributed by atoms with Gasteiger partial charge >= 0.3 is 0 Å². The van der Waals surface area contributed by atoms with Crippen molar-refractivity contribution in [1.29, 1.82) is 0 Å². The molecule has 4 nitrogen and oxygen atoms in total. The first-order valence-corrected chi connectivity index (χ1v) is 7.74. The smallest absolute Gasteiger partial charge is 0.225 e. The van der Waals surface area contributed by atoms with Crippen LogP contribution in [0.3, 0.4) is 0 Å². The number of anilines is 2. The molecule has 0 spiro atoms. The van der Waals surface area contributed by atoms with Crippen molar-refractivity contribution >= 4 is 60.6 Å². The molecule has 2 aromatic heterocycles. The summed E-state index contributed by atoms with van der Waals surface area (Å²) in [5.41, 5.74) is 0.809. The number of fused-ring (bicyclic) bond motifs is 1. The van der Waals surface area contributed by atoms with Gasteiger partial charge in [0.1, 0.15) is 16.4 Å². The Labute approximate surface area is 132 Å². The van der Waals surface area contributed by atoms with Crippen molar-refractivity contribution in [2.24, 2.45) is 0 Å². The van der Waals surface area contributed by atoms with E-state index in [0.29, 0.717) is 5.82 Å². The Hall–Kier alpha value is -1.37. The molecule has 0 aliphatic rings. The molecule has 7 heteroatoms. The van der Waals surface area contributed by atoms with Crippen molar-refractivity contribution in [3.05, 3.63) is 39.4 Å². The van der Waals surface area contributed by atoms with Gasteiger partial charge in [0.2, 0.25) is 5.28 Å². The Bertz CT molecular complexity index is 777. The minimum atomic E-state index is 0.219. The summed E-state index contributed by atoms with van der Waals surface area (Å²) in [6.45, 7) is 0. The van der Waals surface area contributed by atoms with Crippen LogP contribution in [0.1, 0.15) is 0 Å². The zero-order valence-electron chi connectivity index (χ0n) is 10.4. The lowest BCUT2D eigenvalue weighted by molar-refractivity contribution is 0.416. The number of hydrogen-bond donors (Lipinski definition) is 1. The number of halogens is 2. The fourth-order valence-electron chi connectivity index (χ4n) is 1.83. The van der Waals surface area contributed by atoms with Gasteiger partial charge in [0.25, 0.3) is 0 Å². The Balaban J connectivity index is 2.09. The van der Waals surface area contributed by atoms with Crippen LogP contribution in [-0.2, 0) is 0 Å². The van der Waals surface area contributed by atoms with E-state index < -0.39 is 0 Å². The first-order valence-electron chi connectivity index (χ1n) is 5.68. The monoisotopic (exact) mass is 369 g/mol. The van der Waals surface area contributed by atoms with Gasteiger partial charge in [-0.2, -0.15) is 4.98 Å². The van der Waals surface area contributed by atoms with Gasteiger partial charge in [-0.05, 0) is 41.2 Å². The quantitative estimate of drug-likeness (QED) is 0.669. The summed E-state index contributed by atoms with van der Waals surface area (Å²) in [4.78, 5) is 9.29. The second kappa shape index (κ2) is 5.55. The maximum absolute atomic E-state index is 5.96. The summed E-state index contributed by atoms with van der Waals surface area (Å²) < 4.78 is 6.29. The van der Waals surface area contributed by atoms with Crippen LogP contribution in [-0.4, -0.2) is 17.1 Å². The van der Waals surface area contributed by atoms with Crippen molar-refractivity contribution in [3.63, 3.8) is 0 Å². The summed E-state index contributed by atoms with van der Waals surface area (Å²) in [6.07, 6.45) is 0. The second-order valence-electron chi connectivity index (χ2n) is 3.95. The molecule has 0 bridgehead atoms. The van der Waals surface area contributed by atoms with Gasteiger partial charge < -0.3 is 10.1 Å². The number of thiophene rings is 1. The maximum atomic E-state index is 5.96. The third kappa shape index (κ3) is 2.59. The lowest BCUT2D eigenvalue weighted by Gasteiger charge is -2.11. The van der Waals surface area contributed by atoms with E-state index in [1.807, 2.05) is 29.6 Å². The van der Waals surface area contributed by atoms with Crippen LogP contribution in [0.15, 0.2) is 34.1 Å². The highest BCUT2D eigenvalue weighted by molar-refractivity contribution is 9.10. The fraction of sp³-hybridized carbons (Fsp3) is 0.0769. The third-order valence-electron chi connectivity index (χ3n) is 2.71. The van der Waals surface area contributed by atoms with Crippen molar-refractivity contribution in [2.45, 2.75) is 0 Å². The van der Waals surface area contributed by atoms with E-state index in [4.69, 9.17) is 16.3 Å². The predicted octanol–water partition coefficient (Wildman–Crippen LogP) is 4.86. The zero-order valence-corrected chi connectivity index (χ0v) is 13.5. The molecule has 0 aliphatic carbocycles. The number of rotatable bonds is 3. The molecule has 2 heterocycles. The molecule has 0 fully saturated rings. The molecule has 1 aromatic carbocycles. The van der Waals surface area contributed by atoms with Crippen LogP contribution >= 0.6 is 38.9 Å². The summed E-state index contributed by atoms with van der Waals surface area (Å²) in [5, 5.41) is 6.36. The molecular formula is C13H9BrClN3OS. The van der Waals surface area contributed by atoms with E-state index >= 15 is 0 Å². The number of nitrogens with zero attached hydrogens (tertiary/aromatic N) is 2. The molecule has 1 N–H and O–H groups in total. The third-order valence-corrected chi connectivity index (χ3v) is 4.18. The molecule has 20 heavy (non-hydrogen) atoms. The van der Waals surface area contributed by atoms with Gasteiger partial charge in [-0.15, -0.1) is 11.3 Å². The molecule has 3 aromatic rings. The van der Waals surface area contributed by atoms with Crippen LogP contribution in [0.2, 0.25) is 5.28 Å². The molecule has 0 unspecified atom stereocenters. The number of hydrogen-bond acceptors (Lipinski definition) is 5. The van der Waals surface area contributed by atoms with E-state index in [-0.39, 0.29) is 5.28 Å². The lowest BCUT2D eigenvalue weighted by atomic mass is 10.3. The average Bonchev–Trinajstić information content (AvgIpc) is 2.87. The Kier molecular flexibility index (Phi) is 3.78. The van der Waals surface area contributed by atoms with Gasteiger partial charge in [-0.25, -0.2) is 4.98 Å². The summed E-state index contributed by atoms with van der Waals surface area (Å²) in [6, 6.07) is 7.67. The minimum absolute atomic E-state index is 0.219. The van der Waals surface area contributed by atoms with Gasteiger partial charge in [0.05, 0.1) is 18.2 Å². The summed E-state index contributed by atoms with van der Waals surface area (Å²) >= 11 is 10.9. The second-order valence-corrected chi connectivity index (χ2v) is 6.10. The van der Waals surface area contributed by atoms with E-state index in [2.05, 4.69) is 31.2 Å². The molecule has 0 atom stereocenters. The molecule has 0 saturated carbocycles. The van der Waals surface area contributed by atoms with E-state index in [1.54, 1.807) is 7.11 Å². The molecule has 0 amide bonds. The van der Waals surface area contributed by atoms with Crippen molar-refractivity contribution in [3.8, 4) is 5.75 Å². The van der Waals surface area contributed by atoms with Crippen molar-refractivity contribution < 1.29 is 4.74 Å². The SMILES string of the molecule is COc1ccc(Br)cc1Nc1nc(Cl)nc2sccc12. The highest BCUT2D eigenvalue weighted by Gasteiger charge is 2.11. The van der Waals surface area contributed by atoms with Gasteiger partial charge in [-0.1, -0.05) is 15.9 Å². The largest absolute Gasteiger partial charge is 0.495 e. The van der Waals surface area contributed by atoms with Crippen molar-refractivity contribution in [2.75, 3.05) is 12.4 Å². The topological polar surface area (TPSA) is 47.0 Å². The molecule has 0 saturated heterocycles. The maximum Gasteiger partial charge on any atom is 0.225 e. The van der Waals surface area contributed by atoms with Crippen LogP contribution in [0.5, 0.6) is 5.75 Å². The summed E-state index contributed by atoms with van der Waals surface area (Å²) in [7, 11) is 1.63. The Morgan fingerprint density at radius 1 is 1.30 bits per heavy atom. The zero-order chi connectivity index (χ0) is 14.1. The Morgan fingerprint density at radius 3 is 2.95 bits per heavy atom. The number of benzene rings is 1. The highest BCUT2D eigenvalue weighted by Crippen LogP contribution is 2.33. The van der Waals surface area contributed by atoms with Gasteiger partial charge in [-0.3, -0.25) is 0 Å². The molecule has 102 valence electrons. The molecular weight excluding hydrogens is 362 g/mol. The summed E-state index contributed by atoms with van der Waals surface area (Å²) in [5.74, 6) is 1.39. The number of methoxy groups -OCH3 is 1.